The van der Waals surface area contributed by atoms with E-state index < -0.39 is 6.04 Å². The highest BCUT2D eigenvalue weighted by Crippen LogP contribution is 2.27. The van der Waals surface area contributed by atoms with Gasteiger partial charge in [0.25, 0.3) is 0 Å². The summed E-state index contributed by atoms with van der Waals surface area (Å²) in [5, 5.41) is 4.36. The van der Waals surface area contributed by atoms with Crippen LogP contribution in [0.2, 0.25) is 0 Å². The second-order valence-electron chi connectivity index (χ2n) is 4.95. The Labute approximate surface area is 118 Å². The number of halogens is 1. The van der Waals surface area contributed by atoms with Crippen molar-refractivity contribution >= 4 is 0 Å². The van der Waals surface area contributed by atoms with Crippen LogP contribution in [0.15, 0.2) is 18.2 Å². The van der Waals surface area contributed by atoms with Gasteiger partial charge < -0.3 is 10.5 Å². The first-order valence-corrected chi connectivity index (χ1v) is 6.52. The van der Waals surface area contributed by atoms with Crippen LogP contribution in [-0.4, -0.2) is 16.9 Å². The molecule has 0 radical (unpaired) electrons. The Hall–Kier alpha value is -1.88. The van der Waals surface area contributed by atoms with E-state index in [0.717, 1.165) is 17.0 Å². The lowest BCUT2D eigenvalue weighted by atomic mass is 9.98. The Morgan fingerprint density at radius 2 is 2.10 bits per heavy atom. The van der Waals surface area contributed by atoms with E-state index in [9.17, 15) is 4.39 Å². The number of hydrogen-bond acceptors (Lipinski definition) is 3. The molecule has 1 unspecified atom stereocenters. The summed E-state index contributed by atoms with van der Waals surface area (Å²) in [7, 11) is 3.34. The molecule has 0 aliphatic rings. The number of aryl methyl sites for hydroxylation is 2. The lowest BCUT2D eigenvalue weighted by Gasteiger charge is -2.15. The van der Waals surface area contributed by atoms with Gasteiger partial charge in [0, 0.05) is 24.3 Å². The van der Waals surface area contributed by atoms with Crippen molar-refractivity contribution in [2.24, 2.45) is 12.8 Å². The quantitative estimate of drug-likeness (QED) is 0.933. The van der Waals surface area contributed by atoms with Crippen molar-refractivity contribution in [3.8, 4) is 5.75 Å². The molecule has 5 heteroatoms. The van der Waals surface area contributed by atoms with Gasteiger partial charge in [-0.25, -0.2) is 4.39 Å². The van der Waals surface area contributed by atoms with Crippen molar-refractivity contribution in [1.29, 1.82) is 0 Å². The first-order valence-electron chi connectivity index (χ1n) is 6.52. The molecule has 0 spiro atoms. The minimum atomic E-state index is -0.424. The van der Waals surface area contributed by atoms with Crippen molar-refractivity contribution < 1.29 is 9.13 Å². The van der Waals surface area contributed by atoms with E-state index in [2.05, 4.69) is 5.10 Å². The number of nitrogens with zero attached hydrogens (tertiary/aromatic N) is 2. The molecule has 0 fully saturated rings. The predicted molar refractivity (Wildman–Crippen MR) is 76.3 cm³/mol. The molecule has 2 rings (SSSR count). The highest BCUT2D eigenvalue weighted by molar-refractivity contribution is 5.35. The summed E-state index contributed by atoms with van der Waals surface area (Å²) in [6, 6.07) is 4.61. The van der Waals surface area contributed by atoms with Gasteiger partial charge in [-0.05, 0) is 31.9 Å². The van der Waals surface area contributed by atoms with Crippen LogP contribution in [0.1, 0.15) is 28.6 Å². The third kappa shape index (κ3) is 2.54. The maximum Gasteiger partial charge on any atom is 0.169 e. The molecule has 4 nitrogen and oxygen atoms in total. The molecule has 0 aliphatic carbocycles. The third-order valence-corrected chi connectivity index (χ3v) is 3.70. The van der Waals surface area contributed by atoms with Crippen LogP contribution in [0.3, 0.4) is 0 Å². The Bertz CT molecular complexity index is 622. The molecule has 20 heavy (non-hydrogen) atoms. The van der Waals surface area contributed by atoms with Gasteiger partial charge in [-0.2, -0.15) is 5.10 Å². The minimum absolute atomic E-state index is 0.220. The van der Waals surface area contributed by atoms with Gasteiger partial charge in [-0.1, -0.05) is 12.1 Å². The number of methoxy groups -OCH3 is 1. The van der Waals surface area contributed by atoms with Gasteiger partial charge in [0.1, 0.15) is 0 Å². The van der Waals surface area contributed by atoms with Gasteiger partial charge in [-0.3, -0.25) is 4.68 Å². The average Bonchev–Trinajstić information content (AvgIpc) is 2.65. The number of aromatic nitrogens is 2. The summed E-state index contributed by atoms with van der Waals surface area (Å²) >= 11 is 0. The van der Waals surface area contributed by atoms with Crippen LogP contribution in [0.4, 0.5) is 4.39 Å². The fourth-order valence-corrected chi connectivity index (χ4v) is 2.41. The summed E-state index contributed by atoms with van der Waals surface area (Å²) < 4.78 is 21.0. The molecule has 0 saturated heterocycles. The molecule has 2 aromatic rings. The first-order chi connectivity index (χ1) is 9.45. The number of nitrogens with two attached hydrogens (primary N) is 1. The minimum Gasteiger partial charge on any atom is -0.494 e. The lowest BCUT2D eigenvalue weighted by molar-refractivity contribution is 0.382. The predicted octanol–water partition coefficient (Wildman–Crippen LogP) is 2.43. The van der Waals surface area contributed by atoms with E-state index in [1.54, 1.807) is 18.2 Å². The molecule has 108 valence electrons. The SMILES string of the molecule is COc1cccc(C(N)Cc2c(C)nn(C)c2C)c1F. The Balaban J connectivity index is 2.31. The van der Waals surface area contributed by atoms with E-state index >= 15 is 0 Å². The van der Waals surface area contributed by atoms with E-state index in [-0.39, 0.29) is 11.6 Å². The summed E-state index contributed by atoms with van der Waals surface area (Å²) in [6.45, 7) is 3.93. The van der Waals surface area contributed by atoms with E-state index in [0.29, 0.717) is 12.0 Å². The monoisotopic (exact) mass is 277 g/mol. The Morgan fingerprint density at radius 3 is 2.65 bits per heavy atom. The molecule has 0 aliphatic heterocycles. The topological polar surface area (TPSA) is 53.1 Å². The third-order valence-electron chi connectivity index (χ3n) is 3.70. The van der Waals surface area contributed by atoms with E-state index in [4.69, 9.17) is 10.5 Å². The second kappa shape index (κ2) is 5.63. The number of benzene rings is 1. The van der Waals surface area contributed by atoms with Crippen molar-refractivity contribution in [2.45, 2.75) is 26.3 Å². The molecule has 1 aromatic carbocycles. The molecule has 0 bridgehead atoms. The molecule has 2 N–H and O–H groups in total. The van der Waals surface area contributed by atoms with Crippen LogP contribution < -0.4 is 10.5 Å². The average molecular weight is 277 g/mol. The van der Waals surface area contributed by atoms with Crippen molar-refractivity contribution in [3.05, 3.63) is 46.5 Å². The highest BCUT2D eigenvalue weighted by Gasteiger charge is 2.19. The van der Waals surface area contributed by atoms with Crippen molar-refractivity contribution in [1.82, 2.24) is 9.78 Å². The Kier molecular flexibility index (Phi) is 4.09. The van der Waals surface area contributed by atoms with Gasteiger partial charge in [0.05, 0.1) is 12.8 Å². The normalized spacial score (nSPS) is 12.5. The van der Waals surface area contributed by atoms with E-state index in [1.807, 2.05) is 25.6 Å². The zero-order valence-electron chi connectivity index (χ0n) is 12.3. The molecule has 0 saturated carbocycles. The van der Waals surface area contributed by atoms with Crippen LogP contribution in [0.25, 0.3) is 0 Å². The number of hydrogen-bond donors (Lipinski definition) is 1. The smallest absolute Gasteiger partial charge is 0.169 e. The first kappa shape index (κ1) is 14.5. The Morgan fingerprint density at radius 1 is 1.40 bits per heavy atom. The van der Waals surface area contributed by atoms with Crippen molar-refractivity contribution in [2.75, 3.05) is 7.11 Å². The zero-order chi connectivity index (χ0) is 14.9. The fraction of sp³-hybridized carbons (Fsp3) is 0.400. The summed E-state index contributed by atoms with van der Waals surface area (Å²) in [5.41, 5.74) is 9.69. The molecular weight excluding hydrogens is 257 g/mol. The largest absolute Gasteiger partial charge is 0.494 e. The molecule has 1 aromatic heterocycles. The number of rotatable bonds is 4. The van der Waals surface area contributed by atoms with Gasteiger partial charge in [0.2, 0.25) is 0 Å². The molecule has 1 atom stereocenters. The summed E-state index contributed by atoms with van der Waals surface area (Å²) in [4.78, 5) is 0. The van der Waals surface area contributed by atoms with Gasteiger partial charge >= 0.3 is 0 Å². The van der Waals surface area contributed by atoms with Crippen molar-refractivity contribution in [3.63, 3.8) is 0 Å². The van der Waals surface area contributed by atoms with Crippen LogP contribution in [-0.2, 0) is 13.5 Å². The van der Waals surface area contributed by atoms with E-state index in [1.165, 1.54) is 7.11 Å². The highest BCUT2D eigenvalue weighted by atomic mass is 19.1. The maximum absolute atomic E-state index is 14.2. The standard InChI is InChI=1S/C15H20FN3O/c1-9-12(10(2)19(3)18-9)8-13(17)11-6-5-7-14(20-4)15(11)16/h5-7,13H,8,17H2,1-4H3. The van der Waals surface area contributed by atoms with Gasteiger partial charge in [0.15, 0.2) is 11.6 Å². The van der Waals surface area contributed by atoms with Crippen LogP contribution in [0, 0.1) is 19.7 Å². The van der Waals surface area contributed by atoms with Crippen LogP contribution in [0.5, 0.6) is 5.75 Å². The molecule has 0 amide bonds. The maximum atomic E-state index is 14.2. The fourth-order valence-electron chi connectivity index (χ4n) is 2.41. The second-order valence-corrected chi connectivity index (χ2v) is 4.95. The lowest BCUT2D eigenvalue weighted by Crippen LogP contribution is -2.16. The molecular formula is C15H20FN3O. The summed E-state index contributed by atoms with van der Waals surface area (Å²) in [5.74, 6) is -0.167. The molecule has 1 heterocycles. The zero-order valence-corrected chi connectivity index (χ0v) is 12.3. The van der Waals surface area contributed by atoms with Crippen LogP contribution >= 0.6 is 0 Å². The van der Waals surface area contributed by atoms with Gasteiger partial charge in [-0.15, -0.1) is 0 Å². The number of ether oxygens (including phenoxy) is 1. The summed E-state index contributed by atoms with van der Waals surface area (Å²) in [6.07, 6.45) is 0.551.